The zero-order chi connectivity index (χ0) is 15.6. The van der Waals surface area contributed by atoms with Crippen LogP contribution in [0.25, 0.3) is 11.3 Å². The number of rotatable bonds is 3. The minimum absolute atomic E-state index is 0.00346. The monoisotopic (exact) mass is 303 g/mol. The highest BCUT2D eigenvalue weighted by Gasteiger charge is 2.26. The molecular weight excluding hydrogens is 286 g/mol. The van der Waals surface area contributed by atoms with Gasteiger partial charge in [0.05, 0.1) is 5.56 Å². The molecule has 0 saturated carbocycles. The summed E-state index contributed by atoms with van der Waals surface area (Å²) >= 11 is 0. The van der Waals surface area contributed by atoms with E-state index in [1.807, 2.05) is 36.4 Å². The number of amides is 1. The fraction of sp³-hybridized carbons (Fsp3) is 0.158. The number of nitrogens with zero attached hydrogens (tertiary/aromatic N) is 1. The van der Waals surface area contributed by atoms with E-state index in [0.717, 1.165) is 35.4 Å². The third kappa shape index (κ3) is 2.75. The lowest BCUT2D eigenvalue weighted by Crippen LogP contribution is -2.42. The van der Waals surface area contributed by atoms with Gasteiger partial charge in [-0.15, -0.1) is 0 Å². The minimum atomic E-state index is 0.00346. The standard InChI is InChI=1S/C19H17N3O/c23-19-16-12-17(14-6-8-20-9-7-14)22-18(16)11-15(21-19)10-13-4-2-1-3-5-13/h1-9,12,15,22H,10-11H2,(H,21,23). The van der Waals surface area contributed by atoms with Crippen molar-refractivity contribution in [3.63, 3.8) is 0 Å². The van der Waals surface area contributed by atoms with Crippen LogP contribution in [-0.2, 0) is 12.8 Å². The summed E-state index contributed by atoms with van der Waals surface area (Å²) in [7, 11) is 0. The molecule has 4 nitrogen and oxygen atoms in total. The summed E-state index contributed by atoms with van der Waals surface area (Å²) in [5.74, 6) is 0.00346. The van der Waals surface area contributed by atoms with Crippen molar-refractivity contribution in [2.45, 2.75) is 18.9 Å². The Morgan fingerprint density at radius 2 is 1.87 bits per heavy atom. The van der Waals surface area contributed by atoms with Gasteiger partial charge in [0, 0.05) is 41.8 Å². The van der Waals surface area contributed by atoms with Crippen molar-refractivity contribution in [3.8, 4) is 11.3 Å². The smallest absolute Gasteiger partial charge is 0.253 e. The molecule has 3 heterocycles. The summed E-state index contributed by atoms with van der Waals surface area (Å²) in [4.78, 5) is 19.8. The predicted molar refractivity (Wildman–Crippen MR) is 89.1 cm³/mol. The SMILES string of the molecule is O=C1NC(Cc2ccccc2)Cc2[nH]c(-c3ccncc3)cc21. The maximum absolute atomic E-state index is 12.4. The van der Waals surface area contributed by atoms with Crippen LogP contribution in [0, 0.1) is 0 Å². The second-order valence-corrected chi connectivity index (χ2v) is 5.88. The summed E-state index contributed by atoms with van der Waals surface area (Å²) in [5, 5.41) is 3.11. The summed E-state index contributed by atoms with van der Waals surface area (Å²) < 4.78 is 0. The van der Waals surface area contributed by atoms with Crippen molar-refractivity contribution >= 4 is 5.91 Å². The van der Waals surface area contributed by atoms with Crippen LogP contribution in [0.4, 0.5) is 0 Å². The number of nitrogens with one attached hydrogen (secondary N) is 2. The highest BCUT2D eigenvalue weighted by atomic mass is 16.1. The highest BCUT2D eigenvalue weighted by molar-refractivity contribution is 5.98. The van der Waals surface area contributed by atoms with Crippen LogP contribution >= 0.6 is 0 Å². The lowest BCUT2D eigenvalue weighted by atomic mass is 9.96. The second-order valence-electron chi connectivity index (χ2n) is 5.88. The molecule has 23 heavy (non-hydrogen) atoms. The van der Waals surface area contributed by atoms with Crippen LogP contribution in [0.3, 0.4) is 0 Å². The fourth-order valence-corrected chi connectivity index (χ4v) is 3.13. The Bertz CT molecular complexity index is 824. The van der Waals surface area contributed by atoms with Crippen LogP contribution < -0.4 is 5.32 Å². The van der Waals surface area contributed by atoms with E-state index >= 15 is 0 Å². The Hall–Kier alpha value is -2.88. The molecule has 1 aliphatic rings. The number of pyridine rings is 1. The molecule has 114 valence electrons. The van der Waals surface area contributed by atoms with Crippen LogP contribution in [-0.4, -0.2) is 21.9 Å². The second kappa shape index (κ2) is 5.72. The number of carbonyl (C=O) groups is 1. The number of hydrogen-bond acceptors (Lipinski definition) is 2. The van der Waals surface area contributed by atoms with E-state index in [-0.39, 0.29) is 11.9 Å². The van der Waals surface area contributed by atoms with Crippen molar-refractivity contribution in [1.82, 2.24) is 15.3 Å². The first kappa shape index (κ1) is 13.8. The normalized spacial score (nSPS) is 16.7. The Kier molecular flexibility index (Phi) is 3.42. The Morgan fingerprint density at radius 1 is 1.09 bits per heavy atom. The van der Waals surface area contributed by atoms with Crippen molar-refractivity contribution < 1.29 is 4.79 Å². The average Bonchev–Trinajstić information content (AvgIpc) is 3.01. The molecule has 1 unspecified atom stereocenters. The lowest BCUT2D eigenvalue weighted by molar-refractivity contribution is 0.0925. The number of hydrogen-bond donors (Lipinski definition) is 2. The number of carbonyl (C=O) groups excluding carboxylic acids is 1. The van der Waals surface area contributed by atoms with Gasteiger partial charge in [0.1, 0.15) is 0 Å². The van der Waals surface area contributed by atoms with Gasteiger partial charge in [-0.3, -0.25) is 9.78 Å². The van der Waals surface area contributed by atoms with Gasteiger partial charge in [0.15, 0.2) is 0 Å². The molecule has 0 fully saturated rings. The summed E-state index contributed by atoms with van der Waals surface area (Å²) in [6.45, 7) is 0. The molecule has 1 aliphatic heterocycles. The lowest BCUT2D eigenvalue weighted by Gasteiger charge is -2.23. The zero-order valence-corrected chi connectivity index (χ0v) is 12.6. The van der Waals surface area contributed by atoms with Crippen molar-refractivity contribution in [1.29, 1.82) is 0 Å². The van der Waals surface area contributed by atoms with E-state index in [1.54, 1.807) is 12.4 Å². The molecule has 4 heteroatoms. The molecular formula is C19H17N3O. The van der Waals surface area contributed by atoms with Gasteiger partial charge < -0.3 is 10.3 Å². The molecule has 4 rings (SSSR count). The summed E-state index contributed by atoms with van der Waals surface area (Å²) in [5.41, 5.74) is 5.01. The fourth-order valence-electron chi connectivity index (χ4n) is 3.13. The molecule has 3 aromatic rings. The zero-order valence-electron chi connectivity index (χ0n) is 12.6. The van der Waals surface area contributed by atoms with E-state index < -0.39 is 0 Å². The van der Waals surface area contributed by atoms with Gasteiger partial charge in [-0.2, -0.15) is 0 Å². The molecule has 2 aromatic heterocycles. The summed E-state index contributed by atoms with van der Waals surface area (Å²) in [6, 6.07) is 16.2. The van der Waals surface area contributed by atoms with E-state index in [9.17, 15) is 4.79 Å². The Labute approximate surface area is 134 Å². The Morgan fingerprint density at radius 3 is 2.65 bits per heavy atom. The molecule has 0 aliphatic carbocycles. The van der Waals surface area contributed by atoms with Crippen molar-refractivity contribution in [3.05, 3.63) is 77.7 Å². The minimum Gasteiger partial charge on any atom is -0.358 e. The van der Waals surface area contributed by atoms with Crippen LogP contribution in [0.15, 0.2) is 60.9 Å². The molecule has 0 saturated heterocycles. The highest BCUT2D eigenvalue weighted by Crippen LogP contribution is 2.25. The van der Waals surface area contributed by atoms with Crippen LogP contribution in [0.1, 0.15) is 21.6 Å². The quantitative estimate of drug-likeness (QED) is 0.781. The number of H-pyrrole nitrogens is 1. The van der Waals surface area contributed by atoms with E-state index in [1.165, 1.54) is 5.56 Å². The Balaban J connectivity index is 1.59. The van der Waals surface area contributed by atoms with E-state index in [4.69, 9.17) is 0 Å². The van der Waals surface area contributed by atoms with Gasteiger partial charge in [0.2, 0.25) is 0 Å². The molecule has 0 radical (unpaired) electrons. The number of aromatic amines is 1. The molecule has 0 spiro atoms. The van der Waals surface area contributed by atoms with Crippen molar-refractivity contribution in [2.75, 3.05) is 0 Å². The van der Waals surface area contributed by atoms with Gasteiger partial charge in [-0.1, -0.05) is 30.3 Å². The number of benzene rings is 1. The number of aromatic nitrogens is 2. The molecule has 1 amide bonds. The van der Waals surface area contributed by atoms with Gasteiger partial charge in [-0.05, 0) is 30.2 Å². The third-order valence-electron chi connectivity index (χ3n) is 4.25. The van der Waals surface area contributed by atoms with Gasteiger partial charge in [0.25, 0.3) is 5.91 Å². The maximum Gasteiger partial charge on any atom is 0.253 e. The molecule has 1 aromatic carbocycles. The van der Waals surface area contributed by atoms with Gasteiger partial charge in [-0.25, -0.2) is 0 Å². The largest absolute Gasteiger partial charge is 0.358 e. The maximum atomic E-state index is 12.4. The molecule has 2 N–H and O–H groups in total. The molecule has 0 bridgehead atoms. The van der Waals surface area contributed by atoms with Crippen molar-refractivity contribution in [2.24, 2.45) is 0 Å². The topological polar surface area (TPSA) is 57.8 Å². The first-order chi connectivity index (χ1) is 11.3. The molecule has 1 atom stereocenters. The van der Waals surface area contributed by atoms with E-state index in [0.29, 0.717) is 0 Å². The predicted octanol–water partition coefficient (Wildman–Crippen LogP) is 2.97. The van der Waals surface area contributed by atoms with E-state index in [2.05, 4.69) is 27.4 Å². The van der Waals surface area contributed by atoms with Crippen LogP contribution in [0.5, 0.6) is 0 Å². The number of fused-ring (bicyclic) bond motifs is 1. The van der Waals surface area contributed by atoms with Gasteiger partial charge >= 0.3 is 0 Å². The summed E-state index contributed by atoms with van der Waals surface area (Å²) in [6.07, 6.45) is 5.18. The third-order valence-corrected chi connectivity index (χ3v) is 4.25. The van der Waals surface area contributed by atoms with Crippen LogP contribution in [0.2, 0.25) is 0 Å². The first-order valence-corrected chi connectivity index (χ1v) is 7.76. The first-order valence-electron chi connectivity index (χ1n) is 7.76. The average molecular weight is 303 g/mol.